The van der Waals surface area contributed by atoms with Gasteiger partial charge in [-0.3, -0.25) is 4.79 Å². The molecule has 1 N–H and O–H groups in total. The highest BCUT2D eigenvalue weighted by molar-refractivity contribution is 7.99. The van der Waals surface area contributed by atoms with Crippen LogP contribution in [-0.4, -0.2) is 52.7 Å². The monoisotopic (exact) mass is 415 g/mol. The summed E-state index contributed by atoms with van der Waals surface area (Å²) in [5.41, 5.74) is 1.34. The Kier molecular flexibility index (Phi) is 6.90. The van der Waals surface area contributed by atoms with Gasteiger partial charge in [-0.15, -0.1) is 5.10 Å². The first-order chi connectivity index (χ1) is 14.1. The van der Waals surface area contributed by atoms with Crippen LogP contribution in [0, 0.1) is 0 Å². The van der Waals surface area contributed by atoms with E-state index in [-0.39, 0.29) is 11.7 Å². The first kappa shape index (κ1) is 20.5. The third-order valence-corrected chi connectivity index (χ3v) is 4.76. The van der Waals surface area contributed by atoms with Gasteiger partial charge in [-0.1, -0.05) is 11.8 Å². The second-order valence-corrected chi connectivity index (χ2v) is 6.65. The number of hydrogen-bond donors (Lipinski definition) is 1. The van der Waals surface area contributed by atoms with Crippen LogP contribution in [0.5, 0.6) is 17.2 Å². The molecule has 0 atom stereocenters. The van der Waals surface area contributed by atoms with Crippen molar-refractivity contribution >= 4 is 23.4 Å². The Morgan fingerprint density at radius 3 is 2.55 bits per heavy atom. The van der Waals surface area contributed by atoms with Crippen molar-refractivity contribution in [2.45, 2.75) is 12.1 Å². The second kappa shape index (κ2) is 9.78. The van der Waals surface area contributed by atoms with Crippen molar-refractivity contribution < 1.29 is 19.0 Å². The predicted molar refractivity (Wildman–Crippen MR) is 109 cm³/mol. The number of methoxy groups -OCH3 is 2. The van der Waals surface area contributed by atoms with Gasteiger partial charge >= 0.3 is 0 Å². The van der Waals surface area contributed by atoms with Gasteiger partial charge in [0.05, 0.1) is 26.6 Å². The highest BCUT2D eigenvalue weighted by atomic mass is 32.2. The lowest BCUT2D eigenvalue weighted by Gasteiger charge is -2.11. The average molecular weight is 415 g/mol. The molecule has 1 heterocycles. The number of carbonyl (C=O) groups is 1. The molecule has 152 valence electrons. The number of rotatable bonds is 9. The van der Waals surface area contributed by atoms with Crippen molar-refractivity contribution in [1.29, 1.82) is 0 Å². The Morgan fingerprint density at radius 2 is 1.86 bits per heavy atom. The van der Waals surface area contributed by atoms with E-state index in [2.05, 4.69) is 20.8 Å². The third kappa shape index (κ3) is 5.17. The molecular weight excluding hydrogens is 394 g/mol. The number of anilines is 1. The van der Waals surface area contributed by atoms with E-state index in [1.165, 1.54) is 16.4 Å². The minimum absolute atomic E-state index is 0.145. The summed E-state index contributed by atoms with van der Waals surface area (Å²) in [5.74, 6) is 1.94. The van der Waals surface area contributed by atoms with Gasteiger partial charge in [0.1, 0.15) is 22.9 Å². The van der Waals surface area contributed by atoms with Crippen molar-refractivity contribution in [1.82, 2.24) is 20.2 Å². The molecule has 0 aliphatic carbocycles. The van der Waals surface area contributed by atoms with Crippen molar-refractivity contribution in [3.63, 3.8) is 0 Å². The first-order valence-electron chi connectivity index (χ1n) is 8.81. The molecule has 0 spiro atoms. The molecule has 0 aliphatic heterocycles. The van der Waals surface area contributed by atoms with E-state index >= 15 is 0 Å². The Labute approximate surface area is 172 Å². The molecule has 10 heteroatoms. The number of benzene rings is 2. The fraction of sp³-hybridized carbons (Fsp3) is 0.263. The molecule has 0 fully saturated rings. The number of hydrogen-bond acceptors (Lipinski definition) is 8. The number of thioether (sulfide) groups is 1. The summed E-state index contributed by atoms with van der Waals surface area (Å²) in [4.78, 5) is 12.3. The van der Waals surface area contributed by atoms with Gasteiger partial charge in [0.25, 0.3) is 0 Å². The Bertz CT molecular complexity index is 961. The largest absolute Gasteiger partial charge is 0.497 e. The van der Waals surface area contributed by atoms with E-state index in [9.17, 15) is 4.79 Å². The van der Waals surface area contributed by atoms with Gasteiger partial charge in [-0.25, -0.2) is 0 Å². The molecule has 1 aromatic heterocycles. The van der Waals surface area contributed by atoms with Crippen LogP contribution in [0.15, 0.2) is 47.6 Å². The maximum Gasteiger partial charge on any atom is 0.234 e. The molecule has 0 unspecified atom stereocenters. The Balaban J connectivity index is 1.65. The molecule has 0 saturated heterocycles. The molecule has 3 aromatic rings. The molecule has 29 heavy (non-hydrogen) atoms. The fourth-order valence-electron chi connectivity index (χ4n) is 2.51. The van der Waals surface area contributed by atoms with Crippen LogP contribution in [0.1, 0.15) is 6.92 Å². The van der Waals surface area contributed by atoms with Crippen LogP contribution in [0.25, 0.3) is 5.69 Å². The van der Waals surface area contributed by atoms with E-state index in [1.807, 2.05) is 19.1 Å². The van der Waals surface area contributed by atoms with Crippen molar-refractivity contribution in [3.05, 3.63) is 42.5 Å². The van der Waals surface area contributed by atoms with Crippen molar-refractivity contribution in [2.24, 2.45) is 0 Å². The van der Waals surface area contributed by atoms with Crippen LogP contribution >= 0.6 is 11.8 Å². The lowest BCUT2D eigenvalue weighted by molar-refractivity contribution is -0.113. The SMILES string of the molecule is CCOc1ccc(NC(=O)CSc2nnnn2-c2ccc(OC)cc2OC)cc1. The number of nitrogens with one attached hydrogen (secondary N) is 1. The molecule has 9 nitrogen and oxygen atoms in total. The molecule has 2 aromatic carbocycles. The summed E-state index contributed by atoms with van der Waals surface area (Å²) in [6.07, 6.45) is 0. The maximum absolute atomic E-state index is 12.3. The second-order valence-electron chi connectivity index (χ2n) is 5.71. The van der Waals surface area contributed by atoms with E-state index in [0.717, 1.165) is 5.75 Å². The summed E-state index contributed by atoms with van der Waals surface area (Å²) >= 11 is 1.22. The molecule has 3 rings (SSSR count). The molecule has 0 saturated carbocycles. The average Bonchev–Trinajstić information content (AvgIpc) is 3.21. The summed E-state index contributed by atoms with van der Waals surface area (Å²) in [5, 5.41) is 15.0. The number of tetrazole rings is 1. The number of carbonyl (C=O) groups excluding carboxylic acids is 1. The number of aromatic nitrogens is 4. The van der Waals surface area contributed by atoms with E-state index in [1.54, 1.807) is 44.6 Å². The van der Waals surface area contributed by atoms with Gasteiger partial charge in [-0.2, -0.15) is 4.68 Å². The maximum atomic E-state index is 12.3. The minimum Gasteiger partial charge on any atom is -0.497 e. The zero-order valence-electron chi connectivity index (χ0n) is 16.3. The number of nitrogens with zero attached hydrogens (tertiary/aromatic N) is 4. The number of ether oxygens (including phenoxy) is 3. The minimum atomic E-state index is -0.171. The Morgan fingerprint density at radius 1 is 1.10 bits per heavy atom. The molecule has 0 radical (unpaired) electrons. The first-order valence-corrected chi connectivity index (χ1v) is 9.79. The van der Waals surface area contributed by atoms with E-state index in [4.69, 9.17) is 14.2 Å². The van der Waals surface area contributed by atoms with E-state index in [0.29, 0.717) is 34.6 Å². The lowest BCUT2D eigenvalue weighted by atomic mass is 10.3. The molecular formula is C19H21N5O4S. The zero-order valence-corrected chi connectivity index (χ0v) is 17.1. The van der Waals surface area contributed by atoms with Crippen molar-refractivity contribution in [2.75, 3.05) is 31.9 Å². The predicted octanol–water partition coefficient (Wildman–Crippen LogP) is 2.81. The van der Waals surface area contributed by atoms with Gasteiger partial charge in [-0.05, 0) is 53.7 Å². The summed E-state index contributed by atoms with van der Waals surface area (Å²) < 4.78 is 17.5. The summed E-state index contributed by atoms with van der Waals surface area (Å²) in [7, 11) is 3.13. The summed E-state index contributed by atoms with van der Waals surface area (Å²) in [6.45, 7) is 2.51. The normalized spacial score (nSPS) is 10.4. The number of amides is 1. The molecule has 1 amide bonds. The lowest BCUT2D eigenvalue weighted by Crippen LogP contribution is -2.14. The van der Waals surface area contributed by atoms with Crippen LogP contribution in [0.4, 0.5) is 5.69 Å². The van der Waals surface area contributed by atoms with Crippen LogP contribution in [0.2, 0.25) is 0 Å². The van der Waals surface area contributed by atoms with Gasteiger partial charge in [0, 0.05) is 11.8 Å². The van der Waals surface area contributed by atoms with Gasteiger partial charge in [0.15, 0.2) is 0 Å². The van der Waals surface area contributed by atoms with Crippen LogP contribution in [0.3, 0.4) is 0 Å². The van der Waals surface area contributed by atoms with Crippen LogP contribution < -0.4 is 19.5 Å². The standard InChI is InChI=1S/C19H21N5O4S/c1-4-28-14-7-5-13(6-8-14)20-18(25)12-29-19-21-22-23-24(19)16-10-9-15(26-2)11-17(16)27-3/h5-11H,4,12H2,1-3H3,(H,20,25). The van der Waals surface area contributed by atoms with E-state index < -0.39 is 0 Å². The highest BCUT2D eigenvalue weighted by Crippen LogP contribution is 2.29. The van der Waals surface area contributed by atoms with Gasteiger partial charge < -0.3 is 19.5 Å². The van der Waals surface area contributed by atoms with Crippen molar-refractivity contribution in [3.8, 4) is 22.9 Å². The fourth-order valence-corrected chi connectivity index (χ4v) is 3.19. The summed E-state index contributed by atoms with van der Waals surface area (Å²) in [6, 6.07) is 12.5. The quantitative estimate of drug-likeness (QED) is 0.533. The molecule has 0 bridgehead atoms. The van der Waals surface area contributed by atoms with Gasteiger partial charge in [0.2, 0.25) is 11.1 Å². The zero-order chi connectivity index (χ0) is 20.6. The topological polar surface area (TPSA) is 100 Å². The third-order valence-electron chi connectivity index (χ3n) is 3.84. The Hall–Kier alpha value is -3.27. The molecule has 0 aliphatic rings. The van der Waals surface area contributed by atoms with Crippen LogP contribution in [-0.2, 0) is 4.79 Å². The highest BCUT2D eigenvalue weighted by Gasteiger charge is 2.16. The smallest absolute Gasteiger partial charge is 0.234 e.